The minimum Gasteiger partial charge on any atom is -0.487 e. The van der Waals surface area contributed by atoms with Crippen molar-refractivity contribution in [3.8, 4) is 11.4 Å². The van der Waals surface area contributed by atoms with Crippen LogP contribution in [0.4, 0.5) is 4.79 Å². The highest BCUT2D eigenvalue weighted by Gasteiger charge is 2.24. The number of hydrogen-bond acceptors (Lipinski definition) is 7. The van der Waals surface area contributed by atoms with E-state index >= 15 is 0 Å². The summed E-state index contributed by atoms with van der Waals surface area (Å²) in [6.45, 7) is 0.195. The fourth-order valence-corrected chi connectivity index (χ4v) is 3.32. The van der Waals surface area contributed by atoms with E-state index in [1.807, 2.05) is 0 Å². The largest absolute Gasteiger partial charge is 0.487 e. The molecule has 1 aliphatic rings. The minimum absolute atomic E-state index is 0.195. The third-order valence-corrected chi connectivity index (χ3v) is 4.94. The van der Waals surface area contributed by atoms with Crippen molar-refractivity contribution in [1.82, 2.24) is 20.3 Å². The zero-order chi connectivity index (χ0) is 21.1. The van der Waals surface area contributed by atoms with Crippen molar-refractivity contribution in [3.63, 3.8) is 0 Å². The zero-order valence-electron chi connectivity index (χ0n) is 15.3. The fraction of sp³-hybridized carbons (Fsp3) is 0.0500. The monoisotopic (exact) mass is 422 g/mol. The molecule has 9 nitrogen and oxygen atoms in total. The Bertz CT molecular complexity index is 1150. The van der Waals surface area contributed by atoms with E-state index in [-0.39, 0.29) is 17.4 Å². The van der Waals surface area contributed by atoms with Gasteiger partial charge in [-0.2, -0.15) is 0 Å². The molecule has 0 saturated carbocycles. The van der Waals surface area contributed by atoms with Crippen LogP contribution in [-0.4, -0.2) is 37.2 Å². The van der Waals surface area contributed by atoms with Gasteiger partial charge in [0.1, 0.15) is 18.1 Å². The lowest BCUT2D eigenvalue weighted by Gasteiger charge is -2.04. The molecule has 1 aliphatic heterocycles. The van der Waals surface area contributed by atoms with Crippen LogP contribution < -0.4 is 10.1 Å². The van der Waals surface area contributed by atoms with Crippen LogP contribution in [0.3, 0.4) is 0 Å². The number of rotatable bonds is 6. The summed E-state index contributed by atoms with van der Waals surface area (Å²) in [7, 11) is 0. The molecule has 10 heteroatoms. The van der Waals surface area contributed by atoms with Crippen LogP contribution in [0.25, 0.3) is 11.8 Å². The van der Waals surface area contributed by atoms with Crippen LogP contribution in [0.2, 0.25) is 0 Å². The smallest absolute Gasteiger partial charge is 0.335 e. The lowest BCUT2D eigenvalue weighted by atomic mass is 10.2. The number of ether oxygens (including phenoxy) is 1. The predicted octanol–water partition coefficient (Wildman–Crippen LogP) is 2.87. The SMILES string of the molecule is O=C1NC(=O)/C(=C/c2ccc(OCc3cn(-c4ccc(C(=O)O)cc4)nn3)cc2)S1. The number of carboxylic acids is 1. The Morgan fingerprint density at radius 2 is 1.87 bits per heavy atom. The first kappa shape index (κ1) is 19.4. The lowest BCUT2D eigenvalue weighted by molar-refractivity contribution is -0.115. The first-order valence-electron chi connectivity index (χ1n) is 8.70. The maximum absolute atomic E-state index is 11.6. The molecule has 3 aromatic rings. The van der Waals surface area contributed by atoms with E-state index in [4.69, 9.17) is 9.84 Å². The summed E-state index contributed by atoms with van der Waals surface area (Å²) in [5.74, 6) is -0.779. The van der Waals surface area contributed by atoms with Crippen LogP contribution in [0, 0.1) is 0 Å². The quantitative estimate of drug-likeness (QED) is 0.581. The number of carboxylic acid groups (broad SMARTS) is 1. The molecule has 1 saturated heterocycles. The molecule has 0 atom stereocenters. The van der Waals surface area contributed by atoms with Gasteiger partial charge >= 0.3 is 5.97 Å². The Hall–Kier alpha value is -3.92. The third kappa shape index (κ3) is 4.39. The number of nitrogens with one attached hydrogen (secondary N) is 1. The highest BCUT2D eigenvalue weighted by Crippen LogP contribution is 2.26. The maximum atomic E-state index is 11.6. The Labute approximate surface area is 174 Å². The van der Waals surface area contributed by atoms with Crippen molar-refractivity contribution in [2.45, 2.75) is 6.61 Å². The molecule has 2 aromatic carbocycles. The molecule has 150 valence electrons. The highest BCUT2D eigenvalue weighted by molar-refractivity contribution is 8.18. The summed E-state index contributed by atoms with van der Waals surface area (Å²) >= 11 is 0.867. The number of aromatic nitrogens is 3. The van der Waals surface area contributed by atoms with Crippen LogP contribution in [-0.2, 0) is 11.4 Å². The number of carbonyl (C=O) groups is 3. The van der Waals surface area contributed by atoms with Gasteiger partial charge in [-0.25, -0.2) is 9.48 Å². The van der Waals surface area contributed by atoms with Gasteiger partial charge in [-0.05, 0) is 59.8 Å². The van der Waals surface area contributed by atoms with Crippen LogP contribution in [0.1, 0.15) is 21.6 Å². The molecule has 2 N–H and O–H groups in total. The van der Waals surface area contributed by atoms with E-state index in [0.717, 1.165) is 17.3 Å². The molecule has 30 heavy (non-hydrogen) atoms. The van der Waals surface area contributed by atoms with Crippen molar-refractivity contribution in [2.75, 3.05) is 0 Å². The molecule has 0 bridgehead atoms. The number of nitrogens with zero attached hydrogens (tertiary/aromatic N) is 3. The van der Waals surface area contributed by atoms with Crippen molar-refractivity contribution in [3.05, 3.63) is 76.5 Å². The molecule has 1 fully saturated rings. The normalized spacial score (nSPS) is 14.7. The average Bonchev–Trinajstić information content (AvgIpc) is 3.33. The van der Waals surface area contributed by atoms with Gasteiger partial charge in [-0.15, -0.1) is 5.10 Å². The van der Waals surface area contributed by atoms with Gasteiger partial charge in [0.05, 0.1) is 22.4 Å². The van der Waals surface area contributed by atoms with E-state index in [1.54, 1.807) is 48.7 Å². The first-order chi connectivity index (χ1) is 14.5. The summed E-state index contributed by atoms with van der Waals surface area (Å²) in [4.78, 5) is 34.0. The van der Waals surface area contributed by atoms with Gasteiger partial charge in [-0.1, -0.05) is 17.3 Å². The van der Waals surface area contributed by atoms with Crippen LogP contribution in [0.5, 0.6) is 5.75 Å². The van der Waals surface area contributed by atoms with E-state index in [1.165, 1.54) is 16.8 Å². The summed E-state index contributed by atoms with van der Waals surface area (Å²) in [5, 5.41) is 18.9. The number of aromatic carboxylic acids is 1. The molecule has 1 aromatic heterocycles. The molecule has 2 amide bonds. The van der Waals surface area contributed by atoms with Gasteiger partial charge in [0.2, 0.25) is 0 Å². The predicted molar refractivity (Wildman–Crippen MR) is 108 cm³/mol. The number of carbonyl (C=O) groups excluding carboxylic acids is 2. The van der Waals surface area contributed by atoms with E-state index in [2.05, 4.69) is 15.6 Å². The maximum Gasteiger partial charge on any atom is 0.335 e. The second kappa shape index (κ2) is 8.21. The van der Waals surface area contributed by atoms with Crippen molar-refractivity contribution in [1.29, 1.82) is 0 Å². The van der Waals surface area contributed by atoms with Gasteiger partial charge in [0, 0.05) is 0 Å². The molecule has 4 rings (SSSR count). The van der Waals surface area contributed by atoms with E-state index in [0.29, 0.717) is 22.0 Å². The topological polar surface area (TPSA) is 123 Å². The number of amides is 2. The van der Waals surface area contributed by atoms with Gasteiger partial charge in [-0.3, -0.25) is 14.9 Å². The second-order valence-electron chi connectivity index (χ2n) is 6.22. The molecular formula is C20H14N4O5S. The first-order valence-corrected chi connectivity index (χ1v) is 9.52. The lowest BCUT2D eigenvalue weighted by Crippen LogP contribution is -2.17. The molecule has 2 heterocycles. The Balaban J connectivity index is 1.37. The third-order valence-electron chi connectivity index (χ3n) is 4.13. The Morgan fingerprint density at radius 1 is 1.13 bits per heavy atom. The van der Waals surface area contributed by atoms with Gasteiger partial charge < -0.3 is 9.84 Å². The minimum atomic E-state index is -0.991. The van der Waals surface area contributed by atoms with Crippen LogP contribution in [0.15, 0.2) is 59.6 Å². The number of benzene rings is 2. The van der Waals surface area contributed by atoms with Crippen molar-refractivity contribution in [2.24, 2.45) is 0 Å². The fourth-order valence-electron chi connectivity index (χ4n) is 2.64. The standard InChI is InChI=1S/C20H14N4O5S/c25-18-17(30-20(28)21-18)9-12-1-7-16(8-2-12)29-11-14-10-24(23-22-14)15-5-3-13(4-6-15)19(26)27/h1-10H,11H2,(H,26,27)(H,21,25,28)/b17-9-. The molecule has 0 spiro atoms. The summed E-state index contributed by atoms with van der Waals surface area (Å²) in [6.07, 6.45) is 3.33. The molecule has 0 unspecified atom stereocenters. The van der Waals surface area contributed by atoms with Gasteiger partial charge in [0.15, 0.2) is 0 Å². The summed E-state index contributed by atoms with van der Waals surface area (Å²) < 4.78 is 7.24. The highest BCUT2D eigenvalue weighted by atomic mass is 32.2. The van der Waals surface area contributed by atoms with Crippen molar-refractivity contribution < 1.29 is 24.2 Å². The molecule has 0 radical (unpaired) electrons. The summed E-state index contributed by atoms with van der Waals surface area (Å²) in [5.41, 5.74) is 2.25. The molecule has 0 aliphatic carbocycles. The molecular weight excluding hydrogens is 408 g/mol. The summed E-state index contributed by atoms with van der Waals surface area (Å²) in [6, 6.07) is 13.3. The van der Waals surface area contributed by atoms with Crippen LogP contribution >= 0.6 is 11.8 Å². The number of thioether (sulfide) groups is 1. The van der Waals surface area contributed by atoms with E-state index in [9.17, 15) is 14.4 Å². The zero-order valence-corrected chi connectivity index (χ0v) is 16.1. The van der Waals surface area contributed by atoms with Crippen molar-refractivity contribution >= 4 is 35.0 Å². The van der Waals surface area contributed by atoms with E-state index < -0.39 is 11.9 Å². The Kier molecular flexibility index (Phi) is 5.31. The number of imide groups is 1. The average molecular weight is 422 g/mol. The van der Waals surface area contributed by atoms with Gasteiger partial charge in [0.25, 0.3) is 11.1 Å². The Morgan fingerprint density at radius 3 is 2.50 bits per heavy atom. The number of hydrogen-bond donors (Lipinski definition) is 2. The second-order valence-corrected chi connectivity index (χ2v) is 7.23.